The topological polar surface area (TPSA) is 15.3 Å². The Labute approximate surface area is 301 Å². The molecule has 0 unspecified atom stereocenters. The van der Waals surface area contributed by atoms with Crippen LogP contribution in [0.1, 0.15) is 22.3 Å². The lowest BCUT2D eigenvalue weighted by Crippen LogP contribution is -2.31. The summed E-state index contributed by atoms with van der Waals surface area (Å²) in [5.74, 6) is 0. The van der Waals surface area contributed by atoms with Gasteiger partial charge in [0.05, 0.1) is 5.41 Å². The van der Waals surface area contributed by atoms with Gasteiger partial charge in [0.25, 0.3) is 0 Å². The molecule has 1 N–H and O–H groups in total. The Balaban J connectivity index is 1.17. The van der Waals surface area contributed by atoms with Crippen molar-refractivity contribution < 1.29 is 0 Å². The van der Waals surface area contributed by atoms with Crippen molar-refractivity contribution in [1.29, 1.82) is 0 Å². The molecule has 0 heterocycles. The third kappa shape index (κ3) is 6.44. The van der Waals surface area contributed by atoms with Gasteiger partial charge in [-0.25, -0.2) is 0 Å². The number of para-hydroxylation sites is 2. The molecule has 0 amide bonds. The summed E-state index contributed by atoms with van der Waals surface area (Å²) < 4.78 is 0. The Morgan fingerprint density at radius 3 is 1.04 bits per heavy atom. The highest BCUT2D eigenvalue weighted by atomic mass is 15.1. The van der Waals surface area contributed by atoms with E-state index in [1.807, 2.05) is 18.2 Å². The molecule has 0 aromatic heterocycles. The first-order chi connectivity index (χ1) is 25.3. The zero-order chi connectivity index (χ0) is 34.3. The van der Waals surface area contributed by atoms with Crippen molar-refractivity contribution in [3.63, 3.8) is 0 Å². The van der Waals surface area contributed by atoms with Crippen LogP contribution in [0.25, 0.3) is 11.1 Å². The number of rotatable bonds is 10. The Hall–Kier alpha value is -6.64. The van der Waals surface area contributed by atoms with Gasteiger partial charge < -0.3 is 10.2 Å². The molecule has 0 radical (unpaired) electrons. The van der Waals surface area contributed by atoms with E-state index in [1.165, 1.54) is 33.4 Å². The first kappa shape index (κ1) is 31.6. The van der Waals surface area contributed by atoms with Gasteiger partial charge in [-0.05, 0) is 94.0 Å². The third-order valence-corrected chi connectivity index (χ3v) is 9.60. The molecule has 51 heavy (non-hydrogen) atoms. The summed E-state index contributed by atoms with van der Waals surface area (Å²) >= 11 is 0. The highest BCUT2D eigenvalue weighted by molar-refractivity contribution is 5.79. The second-order valence-corrected chi connectivity index (χ2v) is 12.7. The summed E-state index contributed by atoms with van der Waals surface area (Å²) in [4.78, 5) is 2.33. The molecule has 0 saturated heterocycles. The molecule has 0 aliphatic carbocycles. The molecule has 2 heteroatoms. The van der Waals surface area contributed by atoms with Crippen LogP contribution in [-0.2, 0) is 5.41 Å². The second-order valence-electron chi connectivity index (χ2n) is 12.7. The maximum Gasteiger partial charge on any atom is 0.0701 e. The molecule has 2 nitrogen and oxygen atoms in total. The minimum absolute atomic E-state index is 0.492. The van der Waals surface area contributed by atoms with Crippen LogP contribution >= 0.6 is 0 Å². The largest absolute Gasteiger partial charge is 0.356 e. The van der Waals surface area contributed by atoms with E-state index in [0.717, 1.165) is 28.4 Å². The Kier molecular flexibility index (Phi) is 8.96. The van der Waals surface area contributed by atoms with Crippen LogP contribution in [-0.4, -0.2) is 0 Å². The van der Waals surface area contributed by atoms with Gasteiger partial charge in [-0.15, -0.1) is 0 Å². The van der Waals surface area contributed by atoms with Crippen molar-refractivity contribution in [1.82, 2.24) is 0 Å². The van der Waals surface area contributed by atoms with E-state index < -0.39 is 5.41 Å². The maximum absolute atomic E-state index is 3.48. The number of benzene rings is 8. The number of anilines is 5. The van der Waals surface area contributed by atoms with Gasteiger partial charge in [0.1, 0.15) is 0 Å². The third-order valence-electron chi connectivity index (χ3n) is 9.60. The first-order valence-corrected chi connectivity index (χ1v) is 17.4. The van der Waals surface area contributed by atoms with Gasteiger partial charge in [-0.2, -0.15) is 0 Å². The summed E-state index contributed by atoms with van der Waals surface area (Å²) in [5.41, 5.74) is 12.2. The zero-order valence-electron chi connectivity index (χ0n) is 28.3. The molecular formula is C49H38N2. The molecule has 244 valence electrons. The van der Waals surface area contributed by atoms with Gasteiger partial charge in [0.2, 0.25) is 0 Å². The lowest BCUT2D eigenvalue weighted by atomic mass is 9.65. The lowest BCUT2D eigenvalue weighted by molar-refractivity contribution is 0.745. The van der Waals surface area contributed by atoms with Crippen molar-refractivity contribution in [2.45, 2.75) is 5.41 Å². The van der Waals surface area contributed by atoms with Gasteiger partial charge in [0, 0.05) is 28.4 Å². The normalized spacial score (nSPS) is 11.1. The van der Waals surface area contributed by atoms with E-state index in [2.05, 4.69) is 216 Å². The molecule has 8 aromatic rings. The van der Waals surface area contributed by atoms with Crippen LogP contribution in [0.15, 0.2) is 224 Å². The van der Waals surface area contributed by atoms with Crippen LogP contribution in [0.4, 0.5) is 28.4 Å². The molecule has 0 spiro atoms. The smallest absolute Gasteiger partial charge is 0.0701 e. The zero-order valence-corrected chi connectivity index (χ0v) is 28.3. The first-order valence-electron chi connectivity index (χ1n) is 17.4. The van der Waals surface area contributed by atoms with Crippen LogP contribution in [0.5, 0.6) is 0 Å². The minimum atomic E-state index is -0.492. The monoisotopic (exact) mass is 654 g/mol. The van der Waals surface area contributed by atoms with Gasteiger partial charge in [0.15, 0.2) is 0 Å². The fraction of sp³-hybridized carbons (Fsp3) is 0.0204. The Morgan fingerprint density at radius 2 is 0.588 bits per heavy atom. The van der Waals surface area contributed by atoms with E-state index in [9.17, 15) is 0 Å². The predicted molar refractivity (Wildman–Crippen MR) is 215 cm³/mol. The van der Waals surface area contributed by atoms with E-state index in [4.69, 9.17) is 0 Å². The summed E-state index contributed by atoms with van der Waals surface area (Å²) in [7, 11) is 0. The standard InChI is InChI=1S/C49H38N2/c1-6-16-40(17-7-1)49(41-18-8-2-9-19-41,42-20-10-3-11-21-42)43-30-36-48(37-31-43)51(46-24-14-5-15-25-46)47-34-28-39(29-35-47)38-26-32-45(33-27-38)50-44-22-12-4-13-23-44/h1-37,50H. The van der Waals surface area contributed by atoms with Gasteiger partial charge >= 0.3 is 0 Å². The number of nitrogens with one attached hydrogen (secondary N) is 1. The molecule has 0 fully saturated rings. The van der Waals surface area contributed by atoms with E-state index in [-0.39, 0.29) is 0 Å². The molecule has 0 bridgehead atoms. The lowest BCUT2D eigenvalue weighted by Gasteiger charge is -2.37. The Bertz CT molecular complexity index is 2170. The molecular weight excluding hydrogens is 617 g/mol. The fourth-order valence-corrected chi connectivity index (χ4v) is 7.19. The summed E-state index contributed by atoms with van der Waals surface area (Å²) in [6.07, 6.45) is 0. The van der Waals surface area contributed by atoms with Crippen LogP contribution in [0.3, 0.4) is 0 Å². The van der Waals surface area contributed by atoms with Crippen molar-refractivity contribution in [3.8, 4) is 11.1 Å². The minimum Gasteiger partial charge on any atom is -0.356 e. The highest BCUT2D eigenvalue weighted by Crippen LogP contribution is 2.46. The summed E-state index contributed by atoms with van der Waals surface area (Å²) in [6, 6.07) is 80.1. The quantitative estimate of drug-likeness (QED) is 0.148. The van der Waals surface area contributed by atoms with Gasteiger partial charge in [-0.1, -0.05) is 164 Å². The molecule has 8 aromatic carbocycles. The van der Waals surface area contributed by atoms with Crippen molar-refractivity contribution >= 4 is 28.4 Å². The molecule has 0 atom stereocenters. The Morgan fingerprint density at radius 1 is 0.275 bits per heavy atom. The van der Waals surface area contributed by atoms with Crippen LogP contribution < -0.4 is 10.2 Å². The second kappa shape index (κ2) is 14.5. The van der Waals surface area contributed by atoms with Crippen molar-refractivity contribution in [3.05, 3.63) is 247 Å². The number of hydrogen-bond donors (Lipinski definition) is 1. The molecule has 8 rings (SSSR count). The SMILES string of the molecule is c1ccc(Nc2ccc(-c3ccc(N(c4ccccc4)c4ccc(C(c5ccccc5)(c5ccccc5)c5ccccc5)cc4)cc3)cc2)cc1. The summed E-state index contributed by atoms with van der Waals surface area (Å²) in [6.45, 7) is 0. The molecule has 0 aliphatic rings. The average Bonchev–Trinajstić information content (AvgIpc) is 3.22. The molecule has 0 aliphatic heterocycles. The van der Waals surface area contributed by atoms with E-state index in [0.29, 0.717) is 0 Å². The summed E-state index contributed by atoms with van der Waals surface area (Å²) in [5, 5.41) is 3.48. The fourth-order valence-electron chi connectivity index (χ4n) is 7.19. The predicted octanol–water partition coefficient (Wildman–Crippen LogP) is 12.9. The number of hydrogen-bond acceptors (Lipinski definition) is 2. The van der Waals surface area contributed by atoms with Crippen molar-refractivity contribution in [2.24, 2.45) is 0 Å². The van der Waals surface area contributed by atoms with Crippen molar-refractivity contribution in [2.75, 3.05) is 10.2 Å². The molecule has 0 saturated carbocycles. The maximum atomic E-state index is 3.48. The van der Waals surface area contributed by atoms with Crippen LogP contribution in [0.2, 0.25) is 0 Å². The highest BCUT2D eigenvalue weighted by Gasteiger charge is 2.38. The average molecular weight is 655 g/mol. The number of nitrogens with zero attached hydrogens (tertiary/aromatic N) is 1. The van der Waals surface area contributed by atoms with Crippen LogP contribution in [0, 0.1) is 0 Å². The van der Waals surface area contributed by atoms with Gasteiger partial charge in [-0.3, -0.25) is 0 Å². The van der Waals surface area contributed by atoms with E-state index >= 15 is 0 Å². The van der Waals surface area contributed by atoms with E-state index in [1.54, 1.807) is 0 Å².